The van der Waals surface area contributed by atoms with E-state index in [9.17, 15) is 13.6 Å². The molecule has 1 atom stereocenters. The summed E-state index contributed by atoms with van der Waals surface area (Å²) < 4.78 is 31.0. The quantitative estimate of drug-likeness (QED) is 0.894. The SMILES string of the molecule is Cl.Cn1ccnc1C1CNCCN1C(=O)c1cccc(OC(F)F)c1. The van der Waals surface area contributed by atoms with E-state index in [1.807, 2.05) is 17.8 Å². The van der Waals surface area contributed by atoms with E-state index in [2.05, 4.69) is 15.0 Å². The van der Waals surface area contributed by atoms with Gasteiger partial charge in [-0.05, 0) is 18.2 Å². The molecule has 0 spiro atoms. The van der Waals surface area contributed by atoms with E-state index in [0.717, 1.165) is 5.82 Å². The minimum absolute atomic E-state index is 0. The first-order valence-electron chi connectivity index (χ1n) is 7.60. The van der Waals surface area contributed by atoms with Gasteiger partial charge in [-0.2, -0.15) is 8.78 Å². The van der Waals surface area contributed by atoms with Gasteiger partial charge in [0.25, 0.3) is 5.91 Å². The number of aryl methyl sites for hydroxylation is 1. The minimum atomic E-state index is -2.92. The molecule has 1 unspecified atom stereocenters. The first kappa shape index (κ1) is 19.1. The Morgan fingerprint density at radius 2 is 2.24 bits per heavy atom. The van der Waals surface area contributed by atoms with Crippen molar-refractivity contribution in [2.45, 2.75) is 12.7 Å². The van der Waals surface area contributed by atoms with Crippen LogP contribution in [0.25, 0.3) is 0 Å². The van der Waals surface area contributed by atoms with Gasteiger partial charge in [0.2, 0.25) is 0 Å². The second kappa shape index (κ2) is 8.26. The molecule has 6 nitrogen and oxygen atoms in total. The lowest BCUT2D eigenvalue weighted by Gasteiger charge is -2.35. The number of nitrogens with zero attached hydrogens (tertiary/aromatic N) is 3. The van der Waals surface area contributed by atoms with Crippen molar-refractivity contribution in [3.63, 3.8) is 0 Å². The lowest BCUT2D eigenvalue weighted by Crippen LogP contribution is -2.49. The predicted molar refractivity (Wildman–Crippen MR) is 90.2 cm³/mol. The number of halogens is 3. The third kappa shape index (κ3) is 4.26. The molecule has 1 aliphatic rings. The van der Waals surface area contributed by atoms with E-state index in [0.29, 0.717) is 25.2 Å². The fraction of sp³-hybridized carbons (Fsp3) is 0.375. The molecule has 0 saturated carbocycles. The molecule has 2 aromatic rings. The molecular formula is C16H19ClF2N4O2. The number of piperazine rings is 1. The largest absolute Gasteiger partial charge is 0.435 e. The van der Waals surface area contributed by atoms with Gasteiger partial charge in [0.15, 0.2) is 0 Å². The molecule has 136 valence electrons. The number of nitrogens with one attached hydrogen (secondary N) is 1. The van der Waals surface area contributed by atoms with E-state index < -0.39 is 6.61 Å². The smallest absolute Gasteiger partial charge is 0.387 e. The average molecular weight is 373 g/mol. The van der Waals surface area contributed by atoms with Crippen LogP contribution < -0.4 is 10.1 Å². The first-order valence-corrected chi connectivity index (χ1v) is 7.60. The highest BCUT2D eigenvalue weighted by atomic mass is 35.5. The number of rotatable bonds is 4. The van der Waals surface area contributed by atoms with Crippen LogP contribution in [0, 0.1) is 0 Å². The van der Waals surface area contributed by atoms with Gasteiger partial charge in [0.1, 0.15) is 17.6 Å². The highest BCUT2D eigenvalue weighted by Crippen LogP contribution is 2.24. The fourth-order valence-electron chi connectivity index (χ4n) is 2.85. The Morgan fingerprint density at radius 1 is 1.44 bits per heavy atom. The number of imidazole rings is 1. The van der Waals surface area contributed by atoms with Crippen LogP contribution >= 0.6 is 12.4 Å². The zero-order valence-electron chi connectivity index (χ0n) is 13.6. The van der Waals surface area contributed by atoms with Crippen LogP contribution in [0.4, 0.5) is 8.78 Å². The van der Waals surface area contributed by atoms with Crippen molar-refractivity contribution < 1.29 is 18.3 Å². The number of aromatic nitrogens is 2. The minimum Gasteiger partial charge on any atom is -0.435 e. The van der Waals surface area contributed by atoms with Crippen molar-refractivity contribution in [1.29, 1.82) is 0 Å². The van der Waals surface area contributed by atoms with Crippen LogP contribution in [0.2, 0.25) is 0 Å². The Morgan fingerprint density at radius 3 is 2.92 bits per heavy atom. The second-order valence-corrected chi connectivity index (χ2v) is 5.52. The number of ether oxygens (including phenoxy) is 1. The Hall–Kier alpha value is -2.19. The lowest BCUT2D eigenvalue weighted by atomic mass is 10.1. The van der Waals surface area contributed by atoms with E-state index in [1.54, 1.807) is 17.2 Å². The van der Waals surface area contributed by atoms with E-state index in [4.69, 9.17) is 0 Å². The van der Waals surface area contributed by atoms with Crippen molar-refractivity contribution in [2.75, 3.05) is 19.6 Å². The highest BCUT2D eigenvalue weighted by molar-refractivity contribution is 5.95. The third-order valence-corrected chi connectivity index (χ3v) is 3.97. The molecule has 1 saturated heterocycles. The van der Waals surface area contributed by atoms with Gasteiger partial charge in [0, 0.05) is 44.6 Å². The molecule has 1 N–H and O–H groups in total. The van der Waals surface area contributed by atoms with Gasteiger partial charge in [-0.15, -0.1) is 12.4 Å². The summed E-state index contributed by atoms with van der Waals surface area (Å²) in [6.07, 6.45) is 3.51. The van der Waals surface area contributed by atoms with Gasteiger partial charge in [-0.25, -0.2) is 4.98 Å². The summed E-state index contributed by atoms with van der Waals surface area (Å²) in [6.45, 7) is -1.16. The summed E-state index contributed by atoms with van der Waals surface area (Å²) in [4.78, 5) is 18.9. The maximum Gasteiger partial charge on any atom is 0.387 e. The molecule has 25 heavy (non-hydrogen) atoms. The van der Waals surface area contributed by atoms with Crippen LogP contribution in [0.5, 0.6) is 5.75 Å². The summed E-state index contributed by atoms with van der Waals surface area (Å²) in [5.74, 6) is 0.513. The van der Waals surface area contributed by atoms with Gasteiger partial charge in [0.05, 0.1) is 0 Å². The van der Waals surface area contributed by atoms with Crippen LogP contribution in [0.1, 0.15) is 22.2 Å². The van der Waals surface area contributed by atoms with Gasteiger partial charge in [-0.3, -0.25) is 4.79 Å². The average Bonchev–Trinajstić information content (AvgIpc) is 3.00. The molecule has 0 radical (unpaired) electrons. The van der Waals surface area contributed by atoms with Crippen LogP contribution in [0.15, 0.2) is 36.7 Å². The van der Waals surface area contributed by atoms with E-state index in [-0.39, 0.29) is 30.1 Å². The molecule has 0 bridgehead atoms. The molecule has 1 aromatic carbocycles. The number of benzene rings is 1. The number of hydrogen-bond acceptors (Lipinski definition) is 4. The van der Waals surface area contributed by atoms with E-state index in [1.165, 1.54) is 18.2 Å². The molecule has 1 amide bonds. The van der Waals surface area contributed by atoms with Crippen molar-refractivity contribution in [1.82, 2.24) is 19.8 Å². The first-order chi connectivity index (χ1) is 11.6. The number of alkyl halides is 2. The molecule has 2 heterocycles. The van der Waals surface area contributed by atoms with Gasteiger partial charge >= 0.3 is 6.61 Å². The summed E-state index contributed by atoms with van der Waals surface area (Å²) in [5, 5.41) is 3.25. The predicted octanol–water partition coefficient (Wildman–Crippen LogP) is 2.23. The number of carbonyl (C=O) groups is 1. The molecule has 0 aliphatic carbocycles. The highest BCUT2D eigenvalue weighted by Gasteiger charge is 2.31. The zero-order valence-corrected chi connectivity index (χ0v) is 14.4. The lowest BCUT2D eigenvalue weighted by molar-refractivity contribution is -0.0499. The van der Waals surface area contributed by atoms with Crippen LogP contribution in [0.3, 0.4) is 0 Å². The van der Waals surface area contributed by atoms with Crippen molar-refractivity contribution >= 4 is 18.3 Å². The van der Waals surface area contributed by atoms with E-state index >= 15 is 0 Å². The monoisotopic (exact) mass is 372 g/mol. The molecule has 1 aliphatic heterocycles. The van der Waals surface area contributed by atoms with Crippen molar-refractivity contribution in [3.8, 4) is 5.75 Å². The van der Waals surface area contributed by atoms with Crippen molar-refractivity contribution in [2.24, 2.45) is 7.05 Å². The second-order valence-electron chi connectivity index (χ2n) is 5.52. The molecule has 1 fully saturated rings. The number of amides is 1. The van der Waals surface area contributed by atoms with Crippen LogP contribution in [-0.4, -0.2) is 46.6 Å². The standard InChI is InChI=1S/C16H18F2N4O2.ClH/c1-21-7-6-20-14(21)13-10-19-5-8-22(13)15(23)11-3-2-4-12(9-11)24-16(17)18;/h2-4,6-7,9,13,16,19H,5,8,10H2,1H3;1H. The molecule has 9 heteroatoms. The Labute approximate surface area is 150 Å². The molecule has 3 rings (SSSR count). The maximum absolute atomic E-state index is 12.9. The Balaban J connectivity index is 0.00000225. The molecule has 1 aromatic heterocycles. The molecular weight excluding hydrogens is 354 g/mol. The summed E-state index contributed by atoms with van der Waals surface area (Å²) >= 11 is 0. The van der Waals surface area contributed by atoms with Crippen LogP contribution in [-0.2, 0) is 7.05 Å². The number of carbonyl (C=O) groups excluding carboxylic acids is 1. The maximum atomic E-state index is 12.9. The Kier molecular flexibility index (Phi) is 6.33. The van der Waals surface area contributed by atoms with Gasteiger partial charge in [-0.1, -0.05) is 6.07 Å². The van der Waals surface area contributed by atoms with Crippen molar-refractivity contribution in [3.05, 3.63) is 48.0 Å². The van der Waals surface area contributed by atoms with Gasteiger partial charge < -0.3 is 19.5 Å². The number of hydrogen-bond donors (Lipinski definition) is 1. The third-order valence-electron chi connectivity index (χ3n) is 3.97. The summed E-state index contributed by atoms with van der Waals surface area (Å²) in [6, 6.07) is 5.65. The zero-order chi connectivity index (χ0) is 17.1. The summed E-state index contributed by atoms with van der Waals surface area (Å²) in [5.41, 5.74) is 0.314. The summed E-state index contributed by atoms with van der Waals surface area (Å²) in [7, 11) is 1.87. The fourth-order valence-corrected chi connectivity index (χ4v) is 2.85. The Bertz CT molecular complexity index is 726. The normalized spacial score (nSPS) is 17.3. The topological polar surface area (TPSA) is 59.4 Å².